The summed E-state index contributed by atoms with van der Waals surface area (Å²) >= 11 is 14.0. The van der Waals surface area contributed by atoms with Crippen LogP contribution in [0.1, 0.15) is 17.3 Å². The summed E-state index contributed by atoms with van der Waals surface area (Å²) in [5.74, 6) is -0.150. The third-order valence-electron chi connectivity index (χ3n) is 2.48. The normalized spacial score (nSPS) is 12.0. The van der Waals surface area contributed by atoms with Crippen LogP contribution < -0.4 is 5.73 Å². The molecule has 2 N–H and O–H groups in total. The Hall–Kier alpha value is -0.650. The van der Waals surface area contributed by atoms with Crippen LogP contribution >= 0.6 is 39.7 Å². The molecule has 0 radical (unpaired) electrons. The SMILES string of the molecule is CC(C(N)=S)N(C)C(=O)c1ccc(Cl)c(Br)c1. The number of nitrogens with zero attached hydrogens (tertiary/aromatic N) is 1. The van der Waals surface area contributed by atoms with Crippen molar-refractivity contribution in [2.24, 2.45) is 5.73 Å². The van der Waals surface area contributed by atoms with Gasteiger partial charge in [0.25, 0.3) is 5.91 Å². The maximum absolute atomic E-state index is 12.1. The van der Waals surface area contributed by atoms with E-state index in [1.54, 1.807) is 32.2 Å². The minimum atomic E-state index is -0.285. The molecule has 92 valence electrons. The number of likely N-dealkylation sites (N-methyl/N-ethyl adjacent to an activating group) is 1. The average Bonchev–Trinajstić information content (AvgIpc) is 2.29. The number of carbonyl (C=O) groups is 1. The zero-order valence-corrected chi connectivity index (χ0v) is 12.6. The van der Waals surface area contributed by atoms with Crippen LogP contribution in [0.3, 0.4) is 0 Å². The first kappa shape index (κ1) is 14.4. The van der Waals surface area contributed by atoms with Crippen molar-refractivity contribution in [1.29, 1.82) is 0 Å². The Kier molecular flexibility index (Phi) is 4.91. The highest BCUT2D eigenvalue weighted by Crippen LogP contribution is 2.23. The molecule has 0 aliphatic rings. The lowest BCUT2D eigenvalue weighted by atomic mass is 10.2. The number of halogens is 2. The molecule has 0 aromatic heterocycles. The van der Waals surface area contributed by atoms with Gasteiger partial charge in [-0.25, -0.2) is 0 Å². The lowest BCUT2D eigenvalue weighted by Crippen LogP contribution is -2.42. The number of carbonyl (C=O) groups excluding carboxylic acids is 1. The second-order valence-corrected chi connectivity index (χ2v) is 5.36. The molecule has 1 rings (SSSR count). The molecular weight excluding hydrogens is 324 g/mol. The zero-order valence-electron chi connectivity index (χ0n) is 9.41. The highest BCUT2D eigenvalue weighted by molar-refractivity contribution is 9.10. The van der Waals surface area contributed by atoms with Crippen molar-refractivity contribution >= 4 is 50.6 Å². The molecule has 1 aromatic rings. The summed E-state index contributed by atoms with van der Waals surface area (Å²) in [6, 6.07) is 4.72. The van der Waals surface area contributed by atoms with Crippen LogP contribution in [0, 0.1) is 0 Å². The van der Waals surface area contributed by atoms with Crippen molar-refractivity contribution in [3.8, 4) is 0 Å². The minimum Gasteiger partial charge on any atom is -0.392 e. The van der Waals surface area contributed by atoms with Crippen molar-refractivity contribution in [1.82, 2.24) is 4.90 Å². The van der Waals surface area contributed by atoms with E-state index in [4.69, 9.17) is 29.6 Å². The fraction of sp³-hybridized carbons (Fsp3) is 0.273. The molecule has 0 aliphatic heterocycles. The van der Waals surface area contributed by atoms with Gasteiger partial charge >= 0.3 is 0 Å². The quantitative estimate of drug-likeness (QED) is 0.864. The van der Waals surface area contributed by atoms with E-state index in [9.17, 15) is 4.79 Å². The van der Waals surface area contributed by atoms with Crippen LogP contribution in [0.2, 0.25) is 5.02 Å². The predicted octanol–water partition coefficient (Wildman–Crippen LogP) is 2.85. The van der Waals surface area contributed by atoms with Crippen molar-refractivity contribution in [3.63, 3.8) is 0 Å². The fourth-order valence-corrected chi connectivity index (χ4v) is 1.85. The molecule has 1 atom stereocenters. The second kappa shape index (κ2) is 5.80. The Labute approximate surface area is 119 Å². The number of rotatable bonds is 3. The summed E-state index contributed by atoms with van der Waals surface area (Å²) in [5.41, 5.74) is 6.05. The first-order valence-electron chi connectivity index (χ1n) is 4.86. The summed E-state index contributed by atoms with van der Waals surface area (Å²) in [4.78, 5) is 13.9. The molecule has 0 fully saturated rings. The molecule has 0 heterocycles. The Bertz CT molecular complexity index is 467. The van der Waals surface area contributed by atoms with Gasteiger partial charge in [-0.15, -0.1) is 0 Å². The van der Waals surface area contributed by atoms with Crippen molar-refractivity contribution < 1.29 is 4.79 Å². The Morgan fingerprint density at radius 1 is 1.59 bits per heavy atom. The molecule has 17 heavy (non-hydrogen) atoms. The smallest absolute Gasteiger partial charge is 0.254 e. The topological polar surface area (TPSA) is 46.3 Å². The van der Waals surface area contributed by atoms with Crippen LogP contribution in [-0.4, -0.2) is 28.9 Å². The largest absolute Gasteiger partial charge is 0.392 e. The molecule has 0 spiro atoms. The first-order valence-corrected chi connectivity index (χ1v) is 6.44. The van der Waals surface area contributed by atoms with Crippen molar-refractivity contribution in [3.05, 3.63) is 33.3 Å². The third-order valence-corrected chi connectivity index (χ3v) is 4.03. The average molecular weight is 336 g/mol. The Morgan fingerprint density at radius 3 is 2.65 bits per heavy atom. The second-order valence-electron chi connectivity index (χ2n) is 3.62. The molecule has 1 unspecified atom stereocenters. The molecule has 1 aromatic carbocycles. The number of nitrogens with two attached hydrogens (primary N) is 1. The van der Waals surface area contributed by atoms with Gasteiger partial charge in [0.1, 0.15) is 0 Å². The van der Waals surface area contributed by atoms with Crippen molar-refractivity contribution in [2.45, 2.75) is 13.0 Å². The van der Waals surface area contributed by atoms with E-state index in [0.29, 0.717) is 15.1 Å². The zero-order chi connectivity index (χ0) is 13.2. The van der Waals surface area contributed by atoms with Gasteiger partial charge in [-0.05, 0) is 41.1 Å². The molecular formula is C11H12BrClN2OS. The van der Waals surface area contributed by atoms with Crippen LogP contribution in [0.5, 0.6) is 0 Å². The maximum Gasteiger partial charge on any atom is 0.254 e. The summed E-state index contributed by atoms with van der Waals surface area (Å²) in [5, 5.41) is 0.562. The van der Waals surface area contributed by atoms with Gasteiger partial charge in [-0.3, -0.25) is 4.79 Å². The molecule has 1 amide bonds. The standard InChI is InChI=1S/C11H12BrClN2OS/c1-6(10(14)17)15(2)11(16)7-3-4-9(13)8(12)5-7/h3-6H,1-2H3,(H2,14,17). The minimum absolute atomic E-state index is 0.150. The number of thiocarbonyl (C=S) groups is 1. The van der Waals surface area contributed by atoms with E-state index < -0.39 is 0 Å². The van der Waals surface area contributed by atoms with E-state index >= 15 is 0 Å². The van der Waals surface area contributed by atoms with Crippen LogP contribution in [0.4, 0.5) is 0 Å². The fourth-order valence-electron chi connectivity index (χ4n) is 1.20. The maximum atomic E-state index is 12.1. The van der Waals surface area contributed by atoms with E-state index in [2.05, 4.69) is 15.9 Å². The van der Waals surface area contributed by atoms with Gasteiger partial charge < -0.3 is 10.6 Å². The first-order chi connectivity index (χ1) is 7.84. The molecule has 0 aliphatic carbocycles. The number of amides is 1. The van der Waals surface area contributed by atoms with Gasteiger partial charge in [-0.1, -0.05) is 23.8 Å². The van der Waals surface area contributed by atoms with E-state index in [1.165, 1.54) is 4.90 Å². The summed E-state index contributed by atoms with van der Waals surface area (Å²) in [7, 11) is 1.66. The number of hydrogen-bond donors (Lipinski definition) is 1. The van der Waals surface area contributed by atoms with E-state index in [1.807, 2.05) is 0 Å². The Morgan fingerprint density at radius 2 is 2.18 bits per heavy atom. The molecule has 6 heteroatoms. The number of hydrogen-bond acceptors (Lipinski definition) is 2. The molecule has 0 saturated carbocycles. The molecule has 3 nitrogen and oxygen atoms in total. The van der Waals surface area contributed by atoms with Crippen molar-refractivity contribution in [2.75, 3.05) is 7.05 Å². The lowest BCUT2D eigenvalue weighted by molar-refractivity contribution is 0.0779. The van der Waals surface area contributed by atoms with E-state index in [-0.39, 0.29) is 16.9 Å². The highest BCUT2D eigenvalue weighted by atomic mass is 79.9. The van der Waals surface area contributed by atoms with Gasteiger partial charge in [0.15, 0.2) is 0 Å². The summed E-state index contributed by atoms with van der Waals surface area (Å²) in [6.45, 7) is 1.78. The lowest BCUT2D eigenvalue weighted by Gasteiger charge is -2.24. The van der Waals surface area contributed by atoms with Crippen LogP contribution in [-0.2, 0) is 0 Å². The predicted molar refractivity (Wildman–Crippen MR) is 77.5 cm³/mol. The number of benzene rings is 1. The van der Waals surface area contributed by atoms with Gasteiger partial charge in [0.2, 0.25) is 0 Å². The van der Waals surface area contributed by atoms with Gasteiger partial charge in [0, 0.05) is 17.1 Å². The summed E-state index contributed by atoms with van der Waals surface area (Å²) < 4.78 is 0.682. The monoisotopic (exact) mass is 334 g/mol. The van der Waals surface area contributed by atoms with Crippen LogP contribution in [0.15, 0.2) is 22.7 Å². The summed E-state index contributed by atoms with van der Waals surface area (Å²) in [6.07, 6.45) is 0. The van der Waals surface area contributed by atoms with E-state index in [0.717, 1.165) is 0 Å². The van der Waals surface area contributed by atoms with Gasteiger partial charge in [-0.2, -0.15) is 0 Å². The molecule has 0 saturated heterocycles. The third kappa shape index (κ3) is 3.40. The highest BCUT2D eigenvalue weighted by Gasteiger charge is 2.19. The Balaban J connectivity index is 2.96. The van der Waals surface area contributed by atoms with Gasteiger partial charge in [0.05, 0.1) is 16.1 Å². The molecule has 0 bridgehead atoms. The van der Waals surface area contributed by atoms with Crippen LogP contribution in [0.25, 0.3) is 0 Å².